The molecule has 118 valence electrons. The van der Waals surface area contributed by atoms with E-state index < -0.39 is 0 Å². The second-order valence-corrected chi connectivity index (χ2v) is 6.06. The van der Waals surface area contributed by atoms with Gasteiger partial charge < -0.3 is 15.0 Å². The van der Waals surface area contributed by atoms with Crippen LogP contribution in [0.25, 0.3) is 0 Å². The second kappa shape index (κ2) is 7.76. The molecule has 1 aliphatic heterocycles. The van der Waals surface area contributed by atoms with Crippen molar-refractivity contribution < 1.29 is 9.13 Å². The van der Waals surface area contributed by atoms with Crippen LogP contribution in [0.1, 0.15) is 38.3 Å². The van der Waals surface area contributed by atoms with Gasteiger partial charge in [0, 0.05) is 24.7 Å². The van der Waals surface area contributed by atoms with Crippen LogP contribution in [-0.2, 0) is 0 Å². The van der Waals surface area contributed by atoms with Crippen molar-refractivity contribution in [2.45, 2.75) is 32.7 Å². The van der Waals surface area contributed by atoms with E-state index in [1.807, 2.05) is 13.0 Å². The quantitative estimate of drug-likeness (QED) is 0.872. The molecule has 1 atom stereocenters. The Bertz CT molecular complexity index is 444. The Morgan fingerprint density at radius 1 is 1.38 bits per heavy atom. The van der Waals surface area contributed by atoms with Gasteiger partial charge in [0.05, 0.1) is 7.11 Å². The number of hydrogen-bond donors (Lipinski definition) is 1. The van der Waals surface area contributed by atoms with Crippen LogP contribution in [0.5, 0.6) is 5.75 Å². The van der Waals surface area contributed by atoms with Crippen molar-refractivity contribution in [1.29, 1.82) is 0 Å². The van der Waals surface area contributed by atoms with Crippen LogP contribution in [0.4, 0.5) is 4.39 Å². The van der Waals surface area contributed by atoms with Gasteiger partial charge in [-0.25, -0.2) is 4.39 Å². The van der Waals surface area contributed by atoms with Crippen LogP contribution in [0.15, 0.2) is 18.2 Å². The molecule has 2 rings (SSSR count). The highest BCUT2D eigenvalue weighted by atomic mass is 19.1. The molecule has 0 radical (unpaired) electrons. The van der Waals surface area contributed by atoms with Gasteiger partial charge in [0.25, 0.3) is 0 Å². The highest BCUT2D eigenvalue weighted by Crippen LogP contribution is 2.27. The summed E-state index contributed by atoms with van der Waals surface area (Å²) in [6.07, 6.45) is 2.58. The van der Waals surface area contributed by atoms with Crippen LogP contribution in [0.3, 0.4) is 0 Å². The van der Waals surface area contributed by atoms with Crippen LogP contribution in [-0.4, -0.2) is 38.2 Å². The van der Waals surface area contributed by atoms with E-state index in [0.29, 0.717) is 11.3 Å². The number of hydrogen-bond acceptors (Lipinski definition) is 3. The van der Waals surface area contributed by atoms with Gasteiger partial charge in [-0.2, -0.15) is 0 Å². The van der Waals surface area contributed by atoms with E-state index in [2.05, 4.69) is 17.1 Å². The normalized spacial score (nSPS) is 18.7. The first-order valence-electron chi connectivity index (χ1n) is 7.90. The highest BCUT2D eigenvalue weighted by Gasteiger charge is 2.18. The summed E-state index contributed by atoms with van der Waals surface area (Å²) in [5, 5.41) is 3.41. The lowest BCUT2D eigenvalue weighted by molar-refractivity contribution is 0.191. The molecule has 4 heteroatoms. The Kier molecular flexibility index (Phi) is 6.00. The van der Waals surface area contributed by atoms with Crippen LogP contribution >= 0.6 is 0 Å². The van der Waals surface area contributed by atoms with E-state index in [1.165, 1.54) is 32.0 Å². The average Bonchev–Trinajstić information content (AvgIpc) is 2.48. The fourth-order valence-electron chi connectivity index (χ4n) is 2.94. The number of rotatable bonds is 6. The smallest absolute Gasteiger partial charge is 0.131 e. The highest BCUT2D eigenvalue weighted by molar-refractivity contribution is 5.36. The fourth-order valence-corrected chi connectivity index (χ4v) is 2.94. The fraction of sp³-hybridized carbons (Fsp3) is 0.647. The second-order valence-electron chi connectivity index (χ2n) is 6.06. The monoisotopic (exact) mass is 294 g/mol. The minimum atomic E-state index is -0.207. The lowest BCUT2D eigenvalue weighted by atomic mass is 9.99. The first-order valence-corrected chi connectivity index (χ1v) is 7.90. The number of methoxy groups -OCH3 is 1. The Balaban J connectivity index is 1.83. The van der Waals surface area contributed by atoms with Crippen molar-refractivity contribution in [3.8, 4) is 5.75 Å². The van der Waals surface area contributed by atoms with Gasteiger partial charge in [-0.05, 0) is 50.9 Å². The molecule has 0 amide bonds. The maximum absolute atomic E-state index is 14.0. The van der Waals surface area contributed by atoms with Gasteiger partial charge in [0.1, 0.15) is 11.6 Å². The molecule has 0 aliphatic carbocycles. The third-order valence-electron chi connectivity index (χ3n) is 4.42. The summed E-state index contributed by atoms with van der Waals surface area (Å²) < 4.78 is 19.2. The number of benzene rings is 1. The molecule has 1 aliphatic rings. The average molecular weight is 294 g/mol. The van der Waals surface area contributed by atoms with E-state index in [1.54, 1.807) is 13.2 Å². The topological polar surface area (TPSA) is 24.5 Å². The largest absolute Gasteiger partial charge is 0.496 e. The first kappa shape index (κ1) is 16.2. The van der Waals surface area contributed by atoms with Gasteiger partial charge in [-0.3, -0.25) is 0 Å². The zero-order valence-electron chi connectivity index (χ0n) is 13.4. The first-order chi connectivity index (χ1) is 10.1. The summed E-state index contributed by atoms with van der Waals surface area (Å²) in [6.45, 7) is 8.56. The number of nitrogens with one attached hydrogen (secondary N) is 1. The van der Waals surface area contributed by atoms with E-state index in [0.717, 1.165) is 19.0 Å². The summed E-state index contributed by atoms with van der Waals surface area (Å²) in [7, 11) is 1.58. The van der Waals surface area contributed by atoms with Gasteiger partial charge in [0.2, 0.25) is 0 Å². The maximum atomic E-state index is 14.0. The van der Waals surface area contributed by atoms with Crippen molar-refractivity contribution in [3.05, 3.63) is 29.6 Å². The van der Waals surface area contributed by atoms with E-state index in [-0.39, 0.29) is 11.9 Å². The molecule has 1 saturated heterocycles. The molecule has 0 aromatic heterocycles. The third-order valence-corrected chi connectivity index (χ3v) is 4.42. The number of ether oxygens (including phenoxy) is 1. The van der Waals surface area contributed by atoms with Crippen molar-refractivity contribution in [2.75, 3.05) is 33.3 Å². The zero-order chi connectivity index (χ0) is 15.2. The van der Waals surface area contributed by atoms with E-state index in [9.17, 15) is 4.39 Å². The molecule has 0 spiro atoms. The molecule has 1 aromatic carbocycles. The predicted molar refractivity (Wildman–Crippen MR) is 84.2 cm³/mol. The molecule has 1 aromatic rings. The number of piperidine rings is 1. The molecule has 1 heterocycles. The van der Waals surface area contributed by atoms with Crippen molar-refractivity contribution in [3.63, 3.8) is 0 Å². The van der Waals surface area contributed by atoms with Gasteiger partial charge in [0.15, 0.2) is 0 Å². The zero-order valence-corrected chi connectivity index (χ0v) is 13.4. The Labute approximate surface area is 127 Å². The lowest BCUT2D eigenvalue weighted by Crippen LogP contribution is -2.38. The van der Waals surface area contributed by atoms with Gasteiger partial charge >= 0.3 is 0 Å². The number of halogens is 1. The van der Waals surface area contributed by atoms with Crippen molar-refractivity contribution in [2.24, 2.45) is 5.92 Å². The molecule has 3 nitrogen and oxygen atoms in total. The molecular weight excluding hydrogens is 267 g/mol. The standard InChI is InChI=1S/C17H27FN2O/c1-13-7-10-20(11-8-13)12-9-19-14(2)17-15(18)5-4-6-16(17)21-3/h4-6,13-14,19H,7-12H2,1-3H3. The van der Waals surface area contributed by atoms with Crippen molar-refractivity contribution in [1.82, 2.24) is 10.2 Å². The minimum absolute atomic E-state index is 0.0511. The summed E-state index contributed by atoms with van der Waals surface area (Å²) in [4.78, 5) is 2.48. The molecular formula is C17H27FN2O. The van der Waals surface area contributed by atoms with Crippen LogP contribution in [0, 0.1) is 11.7 Å². The van der Waals surface area contributed by atoms with Crippen LogP contribution in [0.2, 0.25) is 0 Å². The third kappa shape index (κ3) is 4.42. The van der Waals surface area contributed by atoms with Gasteiger partial charge in [-0.15, -0.1) is 0 Å². The summed E-state index contributed by atoms with van der Waals surface area (Å²) in [6, 6.07) is 4.93. The summed E-state index contributed by atoms with van der Waals surface area (Å²) in [5.74, 6) is 1.26. The number of nitrogens with zero attached hydrogens (tertiary/aromatic N) is 1. The predicted octanol–water partition coefficient (Wildman–Crippen LogP) is 3.22. The van der Waals surface area contributed by atoms with E-state index >= 15 is 0 Å². The van der Waals surface area contributed by atoms with Crippen LogP contribution < -0.4 is 10.1 Å². The van der Waals surface area contributed by atoms with Gasteiger partial charge in [-0.1, -0.05) is 13.0 Å². The summed E-state index contributed by atoms with van der Waals surface area (Å²) in [5.41, 5.74) is 0.618. The molecule has 1 N–H and O–H groups in total. The minimum Gasteiger partial charge on any atom is -0.496 e. The number of likely N-dealkylation sites (tertiary alicyclic amines) is 1. The Morgan fingerprint density at radius 3 is 2.76 bits per heavy atom. The molecule has 0 bridgehead atoms. The van der Waals surface area contributed by atoms with E-state index in [4.69, 9.17) is 4.74 Å². The SMILES string of the molecule is COc1cccc(F)c1C(C)NCCN1CCC(C)CC1. The lowest BCUT2D eigenvalue weighted by Gasteiger charge is -2.30. The van der Waals surface area contributed by atoms with Crippen molar-refractivity contribution >= 4 is 0 Å². The molecule has 0 saturated carbocycles. The molecule has 1 fully saturated rings. The molecule has 21 heavy (non-hydrogen) atoms. The maximum Gasteiger partial charge on any atom is 0.131 e. The summed E-state index contributed by atoms with van der Waals surface area (Å²) >= 11 is 0. The molecule has 1 unspecified atom stereocenters. The Morgan fingerprint density at radius 2 is 2.10 bits per heavy atom. The Hall–Kier alpha value is -1.13.